The summed E-state index contributed by atoms with van der Waals surface area (Å²) in [7, 11) is 0. The minimum atomic E-state index is -0.254. The van der Waals surface area contributed by atoms with Crippen molar-refractivity contribution in [3.63, 3.8) is 0 Å². The first-order chi connectivity index (χ1) is 18.1. The molecule has 0 bridgehead atoms. The van der Waals surface area contributed by atoms with E-state index in [0.29, 0.717) is 44.0 Å². The van der Waals surface area contributed by atoms with E-state index in [4.69, 9.17) is 9.47 Å². The van der Waals surface area contributed by atoms with Gasteiger partial charge < -0.3 is 20.1 Å². The van der Waals surface area contributed by atoms with Gasteiger partial charge in [-0.25, -0.2) is 4.79 Å². The summed E-state index contributed by atoms with van der Waals surface area (Å²) in [5, 5.41) is 5.92. The summed E-state index contributed by atoms with van der Waals surface area (Å²) in [6, 6.07) is 24.0. The van der Waals surface area contributed by atoms with Gasteiger partial charge in [-0.2, -0.15) is 0 Å². The number of hydrogen-bond acceptors (Lipinski definition) is 4. The number of carbonyl (C=O) groups is 2. The predicted octanol–water partition coefficient (Wildman–Crippen LogP) is 7.00. The Morgan fingerprint density at radius 2 is 1.46 bits per heavy atom. The fourth-order valence-corrected chi connectivity index (χ4v) is 3.75. The van der Waals surface area contributed by atoms with E-state index in [-0.39, 0.29) is 11.9 Å². The Hall–Kier alpha value is -4.00. The lowest BCUT2D eigenvalue weighted by Gasteiger charge is -2.24. The number of nitrogens with one attached hydrogen (secondary N) is 2. The third-order valence-corrected chi connectivity index (χ3v) is 5.68. The van der Waals surface area contributed by atoms with Gasteiger partial charge in [0.1, 0.15) is 17.2 Å². The summed E-state index contributed by atoms with van der Waals surface area (Å²) >= 11 is 0. The number of anilines is 2. The van der Waals surface area contributed by atoms with Crippen molar-refractivity contribution in [1.29, 1.82) is 0 Å². The molecule has 3 amide bonds. The summed E-state index contributed by atoms with van der Waals surface area (Å²) in [5.41, 5.74) is 1.41. The number of hydrogen-bond donors (Lipinski definition) is 2. The van der Waals surface area contributed by atoms with Crippen LogP contribution in [0.1, 0.15) is 46.0 Å². The number of benzene rings is 3. The Labute approximate surface area is 219 Å². The van der Waals surface area contributed by atoms with E-state index in [1.54, 1.807) is 4.90 Å². The molecule has 0 aliphatic heterocycles. The largest absolute Gasteiger partial charge is 0.494 e. The molecule has 0 fully saturated rings. The van der Waals surface area contributed by atoms with Crippen molar-refractivity contribution in [3.8, 4) is 17.2 Å². The first-order valence-corrected chi connectivity index (χ1v) is 13.0. The van der Waals surface area contributed by atoms with Crippen molar-refractivity contribution in [2.24, 2.45) is 0 Å². The highest BCUT2D eigenvalue weighted by molar-refractivity contribution is 6.01. The van der Waals surface area contributed by atoms with E-state index in [2.05, 4.69) is 17.6 Å². The second-order valence-electron chi connectivity index (χ2n) is 8.61. The number of nitrogens with zero attached hydrogens (tertiary/aromatic N) is 1. The SMILES string of the molecule is CCCCCC(=O)NCCCN(C(=O)Nc1ccc(OCC)cc1)c1ccc(Oc2ccccc2)cc1. The van der Waals surface area contributed by atoms with Crippen molar-refractivity contribution in [1.82, 2.24) is 5.32 Å². The fourth-order valence-electron chi connectivity index (χ4n) is 3.75. The lowest BCUT2D eigenvalue weighted by Crippen LogP contribution is -2.37. The molecule has 37 heavy (non-hydrogen) atoms. The van der Waals surface area contributed by atoms with Crippen LogP contribution >= 0.6 is 0 Å². The molecule has 2 N–H and O–H groups in total. The Kier molecular flexibility index (Phi) is 11.3. The summed E-state index contributed by atoms with van der Waals surface area (Å²) in [6.07, 6.45) is 4.20. The van der Waals surface area contributed by atoms with Crippen LogP contribution in [0.4, 0.5) is 16.2 Å². The third kappa shape index (κ3) is 9.52. The maximum absolute atomic E-state index is 13.3. The monoisotopic (exact) mass is 503 g/mol. The van der Waals surface area contributed by atoms with Crippen LogP contribution in [0, 0.1) is 0 Å². The number of rotatable bonds is 14. The maximum atomic E-state index is 13.3. The number of urea groups is 1. The van der Waals surface area contributed by atoms with Crippen LogP contribution in [-0.4, -0.2) is 31.6 Å². The van der Waals surface area contributed by atoms with Crippen LogP contribution in [0.15, 0.2) is 78.9 Å². The minimum absolute atomic E-state index is 0.0567. The average Bonchev–Trinajstić information content (AvgIpc) is 2.91. The Bertz CT molecular complexity index is 1090. The highest BCUT2D eigenvalue weighted by Gasteiger charge is 2.16. The average molecular weight is 504 g/mol. The molecule has 0 spiro atoms. The van der Waals surface area contributed by atoms with E-state index in [1.807, 2.05) is 85.8 Å². The topological polar surface area (TPSA) is 79.9 Å². The quantitative estimate of drug-likeness (QED) is 0.232. The molecule has 3 aromatic rings. The Morgan fingerprint density at radius 3 is 2.14 bits per heavy atom. The number of carbonyl (C=O) groups excluding carboxylic acids is 2. The van der Waals surface area contributed by atoms with Crippen molar-refractivity contribution in [2.75, 3.05) is 29.9 Å². The highest BCUT2D eigenvalue weighted by atomic mass is 16.5. The van der Waals surface area contributed by atoms with E-state index in [9.17, 15) is 9.59 Å². The molecule has 0 aliphatic rings. The van der Waals surface area contributed by atoms with Gasteiger partial charge in [0.05, 0.1) is 6.61 Å². The molecule has 3 rings (SSSR count). The van der Waals surface area contributed by atoms with Gasteiger partial charge in [0, 0.05) is 30.9 Å². The van der Waals surface area contributed by atoms with Crippen molar-refractivity contribution in [2.45, 2.75) is 46.0 Å². The van der Waals surface area contributed by atoms with Crippen LogP contribution in [0.25, 0.3) is 0 Å². The normalized spacial score (nSPS) is 10.4. The van der Waals surface area contributed by atoms with Gasteiger partial charge in [0.2, 0.25) is 5.91 Å². The molecule has 0 aliphatic carbocycles. The first kappa shape index (κ1) is 27.6. The smallest absolute Gasteiger partial charge is 0.326 e. The van der Waals surface area contributed by atoms with Crippen LogP contribution < -0.4 is 25.0 Å². The van der Waals surface area contributed by atoms with Gasteiger partial charge in [-0.1, -0.05) is 38.0 Å². The third-order valence-electron chi connectivity index (χ3n) is 5.68. The van der Waals surface area contributed by atoms with Crippen molar-refractivity contribution < 1.29 is 19.1 Å². The molecule has 7 heteroatoms. The van der Waals surface area contributed by atoms with Gasteiger partial charge in [0.15, 0.2) is 0 Å². The summed E-state index contributed by atoms with van der Waals surface area (Å²) < 4.78 is 11.4. The van der Waals surface area contributed by atoms with E-state index < -0.39 is 0 Å². The van der Waals surface area contributed by atoms with E-state index in [1.165, 1.54) is 0 Å². The predicted molar refractivity (Wildman–Crippen MR) is 149 cm³/mol. The van der Waals surface area contributed by atoms with Crippen LogP contribution in [0.3, 0.4) is 0 Å². The van der Waals surface area contributed by atoms with Crippen molar-refractivity contribution in [3.05, 3.63) is 78.9 Å². The number of para-hydroxylation sites is 1. The van der Waals surface area contributed by atoms with Gasteiger partial charge >= 0.3 is 6.03 Å². The molecule has 0 heterocycles. The molecule has 0 radical (unpaired) electrons. The molecule has 0 saturated carbocycles. The Morgan fingerprint density at radius 1 is 0.784 bits per heavy atom. The van der Waals surface area contributed by atoms with Crippen molar-refractivity contribution >= 4 is 23.3 Å². The zero-order valence-corrected chi connectivity index (χ0v) is 21.7. The molecule has 0 unspecified atom stereocenters. The second kappa shape index (κ2) is 15.2. The number of amides is 3. The molecule has 0 aromatic heterocycles. The first-order valence-electron chi connectivity index (χ1n) is 13.0. The Balaban J connectivity index is 1.64. The summed E-state index contributed by atoms with van der Waals surface area (Å²) in [4.78, 5) is 27.0. The molecule has 0 saturated heterocycles. The van der Waals surface area contributed by atoms with Gasteiger partial charge in [-0.05, 0) is 80.4 Å². The molecular weight excluding hydrogens is 466 g/mol. The fraction of sp³-hybridized carbons (Fsp3) is 0.333. The van der Waals surface area contributed by atoms with Crippen LogP contribution in [0.2, 0.25) is 0 Å². The molecule has 3 aromatic carbocycles. The lowest BCUT2D eigenvalue weighted by atomic mass is 10.2. The molecule has 0 atom stereocenters. The van der Waals surface area contributed by atoms with Gasteiger partial charge in [0.25, 0.3) is 0 Å². The summed E-state index contributed by atoms with van der Waals surface area (Å²) in [5.74, 6) is 2.23. The summed E-state index contributed by atoms with van der Waals surface area (Å²) in [6.45, 7) is 5.57. The van der Waals surface area contributed by atoms with E-state index >= 15 is 0 Å². The minimum Gasteiger partial charge on any atom is -0.494 e. The number of unbranched alkanes of at least 4 members (excludes halogenated alkanes) is 2. The highest BCUT2D eigenvalue weighted by Crippen LogP contribution is 2.25. The van der Waals surface area contributed by atoms with Gasteiger partial charge in [-0.3, -0.25) is 9.69 Å². The van der Waals surface area contributed by atoms with Crippen LogP contribution in [-0.2, 0) is 4.79 Å². The second-order valence-corrected chi connectivity index (χ2v) is 8.61. The molecular formula is C30H37N3O4. The van der Waals surface area contributed by atoms with Gasteiger partial charge in [-0.15, -0.1) is 0 Å². The van der Waals surface area contributed by atoms with E-state index in [0.717, 1.165) is 36.4 Å². The lowest BCUT2D eigenvalue weighted by molar-refractivity contribution is -0.121. The maximum Gasteiger partial charge on any atom is 0.326 e. The zero-order chi connectivity index (χ0) is 26.3. The molecule has 7 nitrogen and oxygen atoms in total. The zero-order valence-electron chi connectivity index (χ0n) is 21.7. The van der Waals surface area contributed by atoms with Crippen LogP contribution in [0.5, 0.6) is 17.2 Å². The molecule has 196 valence electrons. The number of ether oxygens (including phenoxy) is 2. The standard InChI is InChI=1S/C30H37N3O4/c1-3-5-7-13-29(34)31-22-10-23-33(30(35)32-24-14-18-26(19-15-24)36-4-2)25-16-20-28(21-17-25)37-27-11-8-6-9-12-27/h6,8-9,11-12,14-21H,3-5,7,10,13,22-23H2,1-2H3,(H,31,34)(H,32,35).